The highest BCUT2D eigenvalue weighted by molar-refractivity contribution is 7.89. The number of carbonyl (C=O) groups is 1. The molecule has 0 aliphatic carbocycles. The minimum absolute atomic E-state index is 0.0238. The number of hydrogen-bond donors (Lipinski definition) is 0. The highest BCUT2D eigenvalue weighted by atomic mass is 32.2. The molecule has 9 heteroatoms. The number of ether oxygens (including phenoxy) is 1. The number of piperidine rings is 2. The van der Waals surface area contributed by atoms with Gasteiger partial charge >= 0.3 is 0 Å². The summed E-state index contributed by atoms with van der Waals surface area (Å²) in [6.07, 6.45) is 2.00. The summed E-state index contributed by atoms with van der Waals surface area (Å²) in [5, 5.41) is 0. The van der Waals surface area contributed by atoms with Crippen LogP contribution in [0.25, 0.3) is 0 Å². The summed E-state index contributed by atoms with van der Waals surface area (Å²) in [6.45, 7) is 3.42. The lowest BCUT2D eigenvalue weighted by Crippen LogP contribution is -2.48. The van der Waals surface area contributed by atoms with E-state index in [0.29, 0.717) is 51.9 Å². The summed E-state index contributed by atoms with van der Waals surface area (Å²) in [5.74, 6) is -1.38. The van der Waals surface area contributed by atoms with Crippen molar-refractivity contribution >= 4 is 15.9 Å². The maximum Gasteiger partial charge on any atom is 0.225 e. The predicted molar refractivity (Wildman–Crippen MR) is 100 cm³/mol. The summed E-state index contributed by atoms with van der Waals surface area (Å²) in [6, 6.07) is 3.22. The molecule has 0 atom stereocenters. The molecule has 3 rings (SSSR count). The Morgan fingerprint density at radius 2 is 1.75 bits per heavy atom. The zero-order valence-corrected chi connectivity index (χ0v) is 16.8. The first-order valence-corrected chi connectivity index (χ1v) is 11.3. The van der Waals surface area contributed by atoms with Gasteiger partial charge in [-0.15, -0.1) is 0 Å². The van der Waals surface area contributed by atoms with Crippen LogP contribution in [-0.2, 0) is 14.8 Å². The van der Waals surface area contributed by atoms with Crippen molar-refractivity contribution < 1.29 is 26.7 Å². The van der Waals surface area contributed by atoms with E-state index >= 15 is 0 Å². The quantitative estimate of drug-likeness (QED) is 0.739. The van der Waals surface area contributed by atoms with Crippen molar-refractivity contribution in [3.8, 4) is 5.75 Å². The summed E-state index contributed by atoms with van der Waals surface area (Å²) in [5.41, 5.74) is 0. The minimum atomic E-state index is -3.20. The van der Waals surface area contributed by atoms with Gasteiger partial charge in [-0.2, -0.15) is 0 Å². The second kappa shape index (κ2) is 8.73. The Hall–Kier alpha value is -1.74. The molecule has 0 saturated carbocycles. The molecule has 2 aliphatic rings. The molecule has 1 aromatic carbocycles. The molecule has 0 spiro atoms. The van der Waals surface area contributed by atoms with Crippen molar-refractivity contribution in [1.82, 2.24) is 9.21 Å². The molecule has 156 valence electrons. The van der Waals surface area contributed by atoms with Gasteiger partial charge in [-0.05, 0) is 31.9 Å². The van der Waals surface area contributed by atoms with Gasteiger partial charge in [-0.25, -0.2) is 21.5 Å². The first-order valence-electron chi connectivity index (χ1n) is 9.68. The van der Waals surface area contributed by atoms with Crippen molar-refractivity contribution in [3.05, 3.63) is 29.8 Å². The van der Waals surface area contributed by atoms with Gasteiger partial charge in [-0.1, -0.05) is 0 Å². The van der Waals surface area contributed by atoms with Crippen molar-refractivity contribution in [1.29, 1.82) is 0 Å². The van der Waals surface area contributed by atoms with E-state index in [1.807, 2.05) is 0 Å². The van der Waals surface area contributed by atoms with Gasteiger partial charge in [0.25, 0.3) is 0 Å². The maximum atomic E-state index is 13.7. The number of amides is 1. The SMILES string of the molecule is CCS(=O)(=O)N1CCC(C(=O)N2CCC(Oc3ccc(F)cc3F)CC2)CC1. The molecule has 0 radical (unpaired) electrons. The fraction of sp³-hybridized carbons (Fsp3) is 0.632. The van der Waals surface area contributed by atoms with E-state index in [0.717, 1.165) is 12.1 Å². The topological polar surface area (TPSA) is 66.9 Å². The van der Waals surface area contributed by atoms with E-state index in [4.69, 9.17) is 4.74 Å². The van der Waals surface area contributed by atoms with Gasteiger partial charge in [0.1, 0.15) is 11.9 Å². The number of hydrogen-bond acceptors (Lipinski definition) is 4. The molecule has 0 aromatic heterocycles. The maximum absolute atomic E-state index is 13.7. The molecule has 2 fully saturated rings. The molecule has 28 heavy (non-hydrogen) atoms. The minimum Gasteiger partial charge on any atom is -0.487 e. The molecule has 0 bridgehead atoms. The van der Waals surface area contributed by atoms with Crippen molar-refractivity contribution in [2.24, 2.45) is 5.92 Å². The van der Waals surface area contributed by atoms with Gasteiger partial charge in [0.15, 0.2) is 11.6 Å². The number of halogens is 2. The Bertz CT molecular complexity index is 802. The van der Waals surface area contributed by atoms with Crippen molar-refractivity contribution in [2.75, 3.05) is 31.9 Å². The summed E-state index contributed by atoms with van der Waals surface area (Å²) < 4.78 is 57.6. The number of benzene rings is 1. The zero-order valence-electron chi connectivity index (χ0n) is 15.9. The molecule has 2 heterocycles. The molecule has 1 amide bonds. The Morgan fingerprint density at radius 1 is 1.11 bits per heavy atom. The van der Waals surface area contributed by atoms with Crippen molar-refractivity contribution in [2.45, 2.75) is 38.7 Å². The zero-order chi connectivity index (χ0) is 20.3. The first kappa shape index (κ1) is 21.0. The summed E-state index contributed by atoms with van der Waals surface area (Å²) in [7, 11) is -3.20. The van der Waals surface area contributed by atoms with Gasteiger partial charge in [-0.3, -0.25) is 4.79 Å². The standard InChI is InChI=1S/C19H26F2N2O4S/c1-2-28(25,26)23-11-5-14(6-12-23)19(24)22-9-7-16(8-10-22)27-18-4-3-15(20)13-17(18)21/h3-4,13-14,16H,2,5-12H2,1H3. The van der Waals surface area contributed by atoms with Gasteiger partial charge in [0.05, 0.1) is 5.75 Å². The van der Waals surface area contributed by atoms with E-state index in [1.54, 1.807) is 11.8 Å². The molecule has 0 unspecified atom stereocenters. The van der Waals surface area contributed by atoms with Gasteiger partial charge < -0.3 is 9.64 Å². The first-order chi connectivity index (χ1) is 13.3. The molecular formula is C19H26F2N2O4S. The van der Waals surface area contributed by atoms with Crippen LogP contribution in [0.3, 0.4) is 0 Å². The fourth-order valence-electron chi connectivity index (χ4n) is 3.77. The normalized spacial score (nSPS) is 20.3. The highest BCUT2D eigenvalue weighted by Gasteiger charge is 2.34. The monoisotopic (exact) mass is 416 g/mol. The number of sulfonamides is 1. The van der Waals surface area contributed by atoms with E-state index in [1.165, 1.54) is 10.4 Å². The Kier molecular flexibility index (Phi) is 6.54. The van der Waals surface area contributed by atoms with Crippen LogP contribution in [-0.4, -0.2) is 61.6 Å². The predicted octanol–water partition coefficient (Wildman–Crippen LogP) is 2.40. The van der Waals surface area contributed by atoms with Crippen LogP contribution in [0.4, 0.5) is 8.78 Å². The Labute approximate surface area is 164 Å². The smallest absolute Gasteiger partial charge is 0.225 e. The number of carbonyl (C=O) groups excluding carboxylic acids is 1. The van der Waals surface area contributed by atoms with Crippen LogP contribution in [0.2, 0.25) is 0 Å². The van der Waals surface area contributed by atoms with Crippen LogP contribution in [0.1, 0.15) is 32.6 Å². The van der Waals surface area contributed by atoms with Crippen LogP contribution >= 0.6 is 0 Å². The number of nitrogens with zero attached hydrogens (tertiary/aromatic N) is 2. The molecule has 1 aromatic rings. The number of rotatable bonds is 5. The lowest BCUT2D eigenvalue weighted by atomic mass is 9.95. The van der Waals surface area contributed by atoms with E-state index < -0.39 is 21.7 Å². The van der Waals surface area contributed by atoms with E-state index in [9.17, 15) is 22.0 Å². The second-order valence-corrected chi connectivity index (χ2v) is 9.55. The fourth-order valence-corrected chi connectivity index (χ4v) is 4.90. The average Bonchev–Trinajstić information content (AvgIpc) is 2.70. The number of likely N-dealkylation sites (tertiary alicyclic amines) is 1. The van der Waals surface area contributed by atoms with Crippen LogP contribution in [0, 0.1) is 17.6 Å². The van der Waals surface area contributed by atoms with Gasteiger partial charge in [0.2, 0.25) is 15.9 Å². The van der Waals surface area contributed by atoms with E-state index in [2.05, 4.69) is 0 Å². The molecular weight excluding hydrogens is 390 g/mol. The average molecular weight is 416 g/mol. The third-order valence-electron chi connectivity index (χ3n) is 5.50. The lowest BCUT2D eigenvalue weighted by molar-refractivity contribution is -0.138. The highest BCUT2D eigenvalue weighted by Crippen LogP contribution is 2.26. The summed E-state index contributed by atoms with van der Waals surface area (Å²) in [4.78, 5) is 14.5. The van der Waals surface area contributed by atoms with E-state index in [-0.39, 0.29) is 29.4 Å². The van der Waals surface area contributed by atoms with Crippen LogP contribution in [0.15, 0.2) is 18.2 Å². The van der Waals surface area contributed by atoms with Gasteiger partial charge in [0, 0.05) is 51.0 Å². The third kappa shape index (κ3) is 4.81. The summed E-state index contributed by atoms with van der Waals surface area (Å²) >= 11 is 0. The molecule has 2 aliphatic heterocycles. The van der Waals surface area contributed by atoms with Crippen LogP contribution in [0.5, 0.6) is 5.75 Å². The van der Waals surface area contributed by atoms with Crippen molar-refractivity contribution in [3.63, 3.8) is 0 Å². The third-order valence-corrected chi connectivity index (χ3v) is 7.38. The lowest BCUT2D eigenvalue weighted by Gasteiger charge is -2.37. The largest absolute Gasteiger partial charge is 0.487 e. The molecule has 0 N–H and O–H groups in total. The molecule has 2 saturated heterocycles. The molecule has 6 nitrogen and oxygen atoms in total. The second-order valence-electron chi connectivity index (χ2n) is 7.29. The van der Waals surface area contributed by atoms with Crippen LogP contribution < -0.4 is 4.74 Å². The Morgan fingerprint density at radius 3 is 2.32 bits per heavy atom. The Balaban J connectivity index is 1.48.